The number of carbonyl (C=O) groups excluding carboxylic acids is 1. The lowest BCUT2D eigenvalue weighted by atomic mass is 10.2. The van der Waals surface area contributed by atoms with Gasteiger partial charge in [-0.1, -0.05) is 35.9 Å². The Hall–Kier alpha value is -1.16. The quantitative estimate of drug-likeness (QED) is 0.622. The van der Waals surface area contributed by atoms with Gasteiger partial charge in [-0.25, -0.2) is 8.42 Å². The normalized spacial score (nSPS) is 16.0. The maximum Gasteiger partial charge on any atom is 0.255 e. The van der Waals surface area contributed by atoms with Crippen LogP contribution in [0.15, 0.2) is 53.4 Å². The first kappa shape index (κ1) is 18.6. The largest absolute Gasteiger partial charge is 0.336 e. The van der Waals surface area contributed by atoms with Crippen molar-refractivity contribution in [2.24, 2.45) is 0 Å². The van der Waals surface area contributed by atoms with Gasteiger partial charge < -0.3 is 4.90 Å². The van der Waals surface area contributed by atoms with Crippen LogP contribution in [0.25, 0.3) is 0 Å². The molecule has 0 spiro atoms. The lowest BCUT2D eigenvalue weighted by Crippen LogP contribution is -2.50. The van der Waals surface area contributed by atoms with Gasteiger partial charge in [0.1, 0.15) is 4.90 Å². The topological polar surface area (TPSA) is 57.7 Å². The van der Waals surface area contributed by atoms with E-state index in [2.05, 4.69) is 22.6 Å². The zero-order valence-corrected chi connectivity index (χ0v) is 17.0. The van der Waals surface area contributed by atoms with Crippen molar-refractivity contribution in [1.82, 2.24) is 9.21 Å². The van der Waals surface area contributed by atoms with Crippen LogP contribution >= 0.6 is 34.2 Å². The molecule has 1 heterocycles. The number of carbonyl (C=O) groups is 1. The van der Waals surface area contributed by atoms with Crippen LogP contribution in [0.2, 0.25) is 5.02 Å². The van der Waals surface area contributed by atoms with Crippen molar-refractivity contribution in [2.45, 2.75) is 4.90 Å². The summed E-state index contributed by atoms with van der Waals surface area (Å²) in [6.45, 7) is 1.21. The van der Waals surface area contributed by atoms with Crippen LogP contribution in [0.3, 0.4) is 0 Å². The highest BCUT2D eigenvalue weighted by molar-refractivity contribution is 14.1. The predicted molar refractivity (Wildman–Crippen MR) is 105 cm³/mol. The van der Waals surface area contributed by atoms with Crippen molar-refractivity contribution in [3.05, 3.63) is 62.7 Å². The van der Waals surface area contributed by atoms with E-state index in [1.807, 2.05) is 18.2 Å². The van der Waals surface area contributed by atoms with Crippen LogP contribution in [0.4, 0.5) is 0 Å². The van der Waals surface area contributed by atoms with Crippen molar-refractivity contribution >= 4 is 50.1 Å². The molecule has 0 saturated carbocycles. The summed E-state index contributed by atoms with van der Waals surface area (Å²) < 4.78 is 27.8. The van der Waals surface area contributed by atoms with Gasteiger partial charge in [0.2, 0.25) is 10.0 Å². The minimum atomic E-state index is -3.65. The van der Waals surface area contributed by atoms with Crippen molar-refractivity contribution < 1.29 is 13.2 Å². The summed E-state index contributed by atoms with van der Waals surface area (Å²) >= 11 is 8.16. The third-order valence-electron chi connectivity index (χ3n) is 4.08. The first-order valence-corrected chi connectivity index (χ1v) is 10.6. The molecule has 0 aliphatic carbocycles. The van der Waals surface area contributed by atoms with E-state index in [0.717, 1.165) is 3.57 Å². The summed E-state index contributed by atoms with van der Waals surface area (Å²) in [6.07, 6.45) is 0. The second-order valence-electron chi connectivity index (χ2n) is 5.61. The van der Waals surface area contributed by atoms with E-state index in [-0.39, 0.29) is 28.9 Å². The van der Waals surface area contributed by atoms with E-state index in [9.17, 15) is 13.2 Å². The Morgan fingerprint density at radius 3 is 2.20 bits per heavy atom. The molecular formula is C17H16ClIN2O3S. The van der Waals surface area contributed by atoms with E-state index < -0.39 is 10.0 Å². The number of piperazine rings is 1. The number of rotatable bonds is 3. The van der Waals surface area contributed by atoms with Crippen molar-refractivity contribution in [2.75, 3.05) is 26.2 Å². The average Bonchev–Trinajstić information content (AvgIpc) is 2.62. The Labute approximate surface area is 165 Å². The van der Waals surface area contributed by atoms with E-state index in [0.29, 0.717) is 18.7 Å². The van der Waals surface area contributed by atoms with Crippen molar-refractivity contribution in [3.63, 3.8) is 0 Å². The highest BCUT2D eigenvalue weighted by atomic mass is 127. The lowest BCUT2D eigenvalue weighted by Gasteiger charge is -2.34. The maximum atomic E-state index is 12.7. The lowest BCUT2D eigenvalue weighted by molar-refractivity contribution is 0.0697. The van der Waals surface area contributed by atoms with Gasteiger partial charge in [0.25, 0.3) is 5.91 Å². The molecule has 2 aromatic carbocycles. The molecule has 2 aromatic rings. The highest BCUT2D eigenvalue weighted by Crippen LogP contribution is 2.25. The molecule has 0 bridgehead atoms. The summed E-state index contributed by atoms with van der Waals surface area (Å²) in [5.74, 6) is -0.0696. The Morgan fingerprint density at radius 1 is 0.960 bits per heavy atom. The van der Waals surface area contributed by atoms with Crippen LogP contribution in [0.5, 0.6) is 0 Å². The maximum absolute atomic E-state index is 12.7. The molecule has 1 saturated heterocycles. The second-order valence-corrected chi connectivity index (χ2v) is 9.08. The first-order valence-electron chi connectivity index (χ1n) is 7.70. The molecule has 1 fully saturated rings. The Bertz CT molecular complexity index is 896. The monoisotopic (exact) mass is 490 g/mol. The van der Waals surface area contributed by atoms with Gasteiger partial charge in [0.05, 0.1) is 10.6 Å². The fourth-order valence-corrected chi connectivity index (χ4v) is 5.26. The predicted octanol–water partition coefficient (Wildman–Crippen LogP) is 3.09. The molecule has 0 unspecified atom stereocenters. The van der Waals surface area contributed by atoms with Crippen LogP contribution in [-0.2, 0) is 10.0 Å². The molecule has 132 valence electrons. The average molecular weight is 491 g/mol. The Kier molecular flexibility index (Phi) is 5.67. The van der Waals surface area contributed by atoms with Crippen molar-refractivity contribution in [1.29, 1.82) is 0 Å². The molecule has 25 heavy (non-hydrogen) atoms. The first-order chi connectivity index (χ1) is 11.9. The molecule has 0 atom stereocenters. The summed E-state index contributed by atoms with van der Waals surface area (Å²) in [4.78, 5) is 14.4. The summed E-state index contributed by atoms with van der Waals surface area (Å²) in [7, 11) is -3.65. The number of amides is 1. The van der Waals surface area contributed by atoms with Crippen LogP contribution in [-0.4, -0.2) is 49.7 Å². The van der Waals surface area contributed by atoms with E-state index in [4.69, 9.17) is 11.6 Å². The van der Waals surface area contributed by atoms with E-state index in [1.54, 1.807) is 29.2 Å². The fourth-order valence-electron chi connectivity index (χ4n) is 2.73. The highest BCUT2D eigenvalue weighted by Gasteiger charge is 2.31. The van der Waals surface area contributed by atoms with E-state index in [1.165, 1.54) is 10.4 Å². The molecular weight excluding hydrogens is 475 g/mol. The smallest absolute Gasteiger partial charge is 0.255 e. The molecule has 1 aliphatic heterocycles. The molecule has 5 nitrogen and oxygen atoms in total. The van der Waals surface area contributed by atoms with Gasteiger partial charge in [-0.3, -0.25) is 4.79 Å². The number of halogens is 2. The van der Waals surface area contributed by atoms with Gasteiger partial charge in [0.15, 0.2) is 0 Å². The standard InChI is InChI=1S/C17H16ClIN2O3S/c18-14-6-2-4-8-16(14)25(23,24)21-11-9-20(10-12-21)17(22)13-5-1-3-7-15(13)19/h1-8H,9-12H2. The molecule has 0 N–H and O–H groups in total. The number of nitrogens with zero attached hydrogens (tertiary/aromatic N) is 2. The Morgan fingerprint density at radius 2 is 1.56 bits per heavy atom. The molecule has 3 rings (SSSR count). The molecule has 0 aromatic heterocycles. The van der Waals surface area contributed by atoms with Crippen molar-refractivity contribution in [3.8, 4) is 0 Å². The van der Waals surface area contributed by atoms with Crippen LogP contribution < -0.4 is 0 Å². The number of sulfonamides is 1. The molecule has 8 heteroatoms. The zero-order chi connectivity index (χ0) is 18.0. The number of benzene rings is 2. The van der Waals surface area contributed by atoms with E-state index >= 15 is 0 Å². The minimum Gasteiger partial charge on any atom is -0.336 e. The Balaban J connectivity index is 1.73. The molecule has 1 aliphatic rings. The fraction of sp³-hybridized carbons (Fsp3) is 0.235. The molecule has 1 amide bonds. The number of hydrogen-bond acceptors (Lipinski definition) is 3. The van der Waals surface area contributed by atoms with Crippen LogP contribution in [0.1, 0.15) is 10.4 Å². The number of hydrogen-bond donors (Lipinski definition) is 0. The van der Waals surface area contributed by atoms with Crippen LogP contribution in [0, 0.1) is 3.57 Å². The third-order valence-corrected chi connectivity index (χ3v) is 7.42. The van der Waals surface area contributed by atoms with Gasteiger partial charge in [-0.15, -0.1) is 0 Å². The second kappa shape index (κ2) is 7.61. The summed E-state index contributed by atoms with van der Waals surface area (Å²) in [5, 5.41) is 0.208. The minimum absolute atomic E-state index is 0.0696. The van der Waals surface area contributed by atoms with Gasteiger partial charge in [-0.05, 0) is 46.9 Å². The molecule has 0 radical (unpaired) electrons. The zero-order valence-electron chi connectivity index (χ0n) is 13.2. The summed E-state index contributed by atoms with van der Waals surface area (Å²) in [5.41, 5.74) is 0.644. The van der Waals surface area contributed by atoms with Gasteiger partial charge >= 0.3 is 0 Å². The third kappa shape index (κ3) is 3.84. The van der Waals surface area contributed by atoms with Gasteiger partial charge in [-0.2, -0.15) is 4.31 Å². The summed E-state index contributed by atoms with van der Waals surface area (Å²) in [6, 6.07) is 13.8. The van der Waals surface area contributed by atoms with Gasteiger partial charge in [0, 0.05) is 29.7 Å². The SMILES string of the molecule is O=C(c1ccccc1I)N1CCN(S(=O)(=O)c2ccccc2Cl)CC1.